The molecule has 2 aromatic rings. The molecule has 3 rings (SSSR count). The zero-order valence-corrected chi connectivity index (χ0v) is 16.3. The number of ether oxygens (including phenoxy) is 1. The number of nitrogens with one attached hydrogen (secondary N) is 1. The van der Waals surface area contributed by atoms with Crippen molar-refractivity contribution in [3.05, 3.63) is 59.1 Å². The van der Waals surface area contributed by atoms with E-state index in [2.05, 4.69) is 5.32 Å². The Morgan fingerprint density at radius 2 is 1.59 bits per heavy atom. The molecule has 142 valence electrons. The number of carbonyl (C=O) groups is 2. The van der Waals surface area contributed by atoms with Gasteiger partial charge in [-0.2, -0.15) is 0 Å². The number of amides is 2. The Labute approximate surface area is 164 Å². The maximum absolute atomic E-state index is 12.6. The minimum absolute atomic E-state index is 0.0387. The lowest BCUT2D eigenvalue weighted by Crippen LogP contribution is -2.42. The van der Waals surface area contributed by atoms with E-state index in [1.54, 1.807) is 62.4 Å². The average molecular weight is 387 g/mol. The van der Waals surface area contributed by atoms with Crippen LogP contribution in [0.5, 0.6) is 5.75 Å². The second kappa shape index (κ2) is 8.01. The van der Waals surface area contributed by atoms with Gasteiger partial charge in [-0.15, -0.1) is 0 Å². The number of hydrogen-bond acceptors (Lipinski definition) is 3. The molecule has 0 radical (unpaired) electrons. The summed E-state index contributed by atoms with van der Waals surface area (Å²) in [6.45, 7) is 5.02. The highest BCUT2D eigenvalue weighted by molar-refractivity contribution is 6.30. The normalized spacial score (nSPS) is 14.1. The number of rotatable bonds is 5. The van der Waals surface area contributed by atoms with E-state index in [0.717, 1.165) is 25.9 Å². The van der Waals surface area contributed by atoms with E-state index < -0.39 is 5.60 Å². The van der Waals surface area contributed by atoms with Gasteiger partial charge in [0.1, 0.15) is 5.75 Å². The summed E-state index contributed by atoms with van der Waals surface area (Å²) in [7, 11) is 0. The first-order valence-corrected chi connectivity index (χ1v) is 9.38. The van der Waals surface area contributed by atoms with Crippen molar-refractivity contribution in [3.63, 3.8) is 0 Å². The van der Waals surface area contributed by atoms with Crippen LogP contribution in [0, 0.1) is 0 Å². The molecule has 0 unspecified atom stereocenters. The van der Waals surface area contributed by atoms with Crippen molar-refractivity contribution in [3.8, 4) is 5.75 Å². The smallest absolute Gasteiger partial charge is 0.267 e. The van der Waals surface area contributed by atoms with E-state index in [-0.39, 0.29) is 11.8 Å². The topological polar surface area (TPSA) is 58.6 Å². The zero-order chi connectivity index (χ0) is 19.4. The van der Waals surface area contributed by atoms with Crippen LogP contribution in [0.25, 0.3) is 0 Å². The summed E-state index contributed by atoms with van der Waals surface area (Å²) in [6.07, 6.45) is 2.12. The van der Waals surface area contributed by atoms with E-state index in [1.807, 2.05) is 4.90 Å². The largest absolute Gasteiger partial charge is 0.478 e. The average Bonchev–Trinajstić information content (AvgIpc) is 3.18. The Morgan fingerprint density at radius 3 is 2.19 bits per heavy atom. The molecule has 1 fully saturated rings. The van der Waals surface area contributed by atoms with Crippen molar-refractivity contribution in [1.29, 1.82) is 0 Å². The molecule has 1 saturated heterocycles. The monoisotopic (exact) mass is 386 g/mol. The van der Waals surface area contributed by atoms with Crippen molar-refractivity contribution in [1.82, 2.24) is 4.90 Å². The molecule has 0 saturated carbocycles. The number of benzene rings is 2. The number of carbonyl (C=O) groups excluding carboxylic acids is 2. The summed E-state index contributed by atoms with van der Waals surface area (Å²) >= 11 is 5.87. The van der Waals surface area contributed by atoms with Gasteiger partial charge in [-0.1, -0.05) is 11.6 Å². The maximum Gasteiger partial charge on any atom is 0.267 e. The molecule has 2 amide bonds. The molecule has 0 bridgehead atoms. The van der Waals surface area contributed by atoms with Crippen molar-refractivity contribution in [2.24, 2.45) is 0 Å². The highest BCUT2D eigenvalue weighted by atomic mass is 35.5. The Hall–Kier alpha value is -2.53. The van der Waals surface area contributed by atoms with E-state index in [0.29, 0.717) is 22.0 Å². The second-order valence-corrected chi connectivity index (χ2v) is 7.53. The Morgan fingerprint density at radius 1 is 1.00 bits per heavy atom. The van der Waals surface area contributed by atoms with E-state index >= 15 is 0 Å². The third kappa shape index (κ3) is 4.80. The molecule has 5 nitrogen and oxygen atoms in total. The number of halogens is 1. The molecule has 6 heteroatoms. The van der Waals surface area contributed by atoms with Crippen LogP contribution in [-0.4, -0.2) is 35.4 Å². The first kappa shape index (κ1) is 19.2. The first-order valence-electron chi connectivity index (χ1n) is 9.00. The van der Waals surface area contributed by atoms with Gasteiger partial charge in [-0.3, -0.25) is 9.59 Å². The standard InChI is InChI=1S/C21H23ClN2O3/c1-21(2,27-18-11-7-16(22)8-12-18)20(26)23-17-9-5-15(6-10-17)19(25)24-13-3-4-14-24/h5-12H,3-4,13-14H2,1-2H3,(H,23,26). The predicted molar refractivity (Wildman–Crippen MR) is 106 cm³/mol. The Kier molecular flexibility index (Phi) is 5.71. The Bertz CT molecular complexity index is 810. The lowest BCUT2D eigenvalue weighted by molar-refractivity contribution is -0.128. The Balaban J connectivity index is 1.62. The van der Waals surface area contributed by atoms with Crippen LogP contribution in [0.2, 0.25) is 5.02 Å². The highest BCUT2D eigenvalue weighted by Crippen LogP contribution is 2.22. The number of hydrogen-bond donors (Lipinski definition) is 1. The number of anilines is 1. The fourth-order valence-corrected chi connectivity index (χ4v) is 3.05. The van der Waals surface area contributed by atoms with Crippen LogP contribution in [0.4, 0.5) is 5.69 Å². The molecule has 1 aliphatic heterocycles. The van der Waals surface area contributed by atoms with Crippen LogP contribution in [0.1, 0.15) is 37.0 Å². The van der Waals surface area contributed by atoms with Gasteiger partial charge in [-0.05, 0) is 75.2 Å². The van der Waals surface area contributed by atoms with Crippen molar-refractivity contribution in [2.45, 2.75) is 32.3 Å². The fraction of sp³-hybridized carbons (Fsp3) is 0.333. The quantitative estimate of drug-likeness (QED) is 0.829. The summed E-state index contributed by atoms with van der Waals surface area (Å²) < 4.78 is 5.79. The van der Waals surface area contributed by atoms with Crippen LogP contribution < -0.4 is 10.1 Å². The van der Waals surface area contributed by atoms with Crippen LogP contribution >= 0.6 is 11.6 Å². The molecular formula is C21H23ClN2O3. The molecule has 0 aliphatic carbocycles. The minimum Gasteiger partial charge on any atom is -0.478 e. The minimum atomic E-state index is -1.07. The molecule has 27 heavy (non-hydrogen) atoms. The van der Waals surface area contributed by atoms with E-state index in [1.165, 1.54) is 0 Å². The third-order valence-corrected chi connectivity index (χ3v) is 4.77. The molecule has 1 aliphatic rings. The van der Waals surface area contributed by atoms with Gasteiger partial charge in [0.25, 0.3) is 11.8 Å². The van der Waals surface area contributed by atoms with Gasteiger partial charge in [0.05, 0.1) is 0 Å². The molecule has 1 N–H and O–H groups in total. The van der Waals surface area contributed by atoms with E-state index in [4.69, 9.17) is 16.3 Å². The lowest BCUT2D eigenvalue weighted by Gasteiger charge is -2.25. The van der Waals surface area contributed by atoms with E-state index in [9.17, 15) is 9.59 Å². The SMILES string of the molecule is CC(C)(Oc1ccc(Cl)cc1)C(=O)Nc1ccc(C(=O)N2CCCC2)cc1. The summed E-state index contributed by atoms with van der Waals surface area (Å²) in [5.74, 6) is 0.318. The molecule has 1 heterocycles. The maximum atomic E-state index is 12.6. The van der Waals surface area contributed by atoms with Gasteiger partial charge in [0.15, 0.2) is 5.60 Å². The van der Waals surface area contributed by atoms with Gasteiger partial charge < -0.3 is 15.0 Å². The van der Waals surface area contributed by atoms with Crippen LogP contribution in [0.15, 0.2) is 48.5 Å². The van der Waals surface area contributed by atoms with Gasteiger partial charge in [-0.25, -0.2) is 0 Å². The third-order valence-electron chi connectivity index (χ3n) is 4.52. The molecular weight excluding hydrogens is 364 g/mol. The molecule has 2 aromatic carbocycles. The fourth-order valence-electron chi connectivity index (χ4n) is 2.92. The van der Waals surface area contributed by atoms with Crippen molar-refractivity contribution >= 4 is 29.1 Å². The predicted octanol–water partition coefficient (Wildman–Crippen LogP) is 4.37. The number of nitrogens with zero attached hydrogens (tertiary/aromatic N) is 1. The second-order valence-electron chi connectivity index (χ2n) is 7.10. The van der Waals surface area contributed by atoms with Gasteiger partial charge in [0.2, 0.25) is 0 Å². The highest BCUT2D eigenvalue weighted by Gasteiger charge is 2.30. The molecule has 0 aromatic heterocycles. The summed E-state index contributed by atoms with van der Waals surface area (Å²) in [5, 5.41) is 3.44. The molecule has 0 spiro atoms. The first-order chi connectivity index (χ1) is 12.8. The number of likely N-dealkylation sites (tertiary alicyclic amines) is 1. The zero-order valence-electron chi connectivity index (χ0n) is 15.5. The lowest BCUT2D eigenvalue weighted by atomic mass is 10.1. The van der Waals surface area contributed by atoms with Crippen molar-refractivity contribution < 1.29 is 14.3 Å². The van der Waals surface area contributed by atoms with Gasteiger partial charge >= 0.3 is 0 Å². The van der Waals surface area contributed by atoms with Crippen LogP contribution in [-0.2, 0) is 4.79 Å². The molecule has 0 atom stereocenters. The summed E-state index contributed by atoms with van der Waals surface area (Å²) in [4.78, 5) is 26.8. The summed E-state index contributed by atoms with van der Waals surface area (Å²) in [5.41, 5.74) is 0.176. The van der Waals surface area contributed by atoms with Crippen molar-refractivity contribution in [2.75, 3.05) is 18.4 Å². The summed E-state index contributed by atoms with van der Waals surface area (Å²) in [6, 6.07) is 13.8. The van der Waals surface area contributed by atoms with Gasteiger partial charge in [0, 0.05) is 29.4 Å². The van der Waals surface area contributed by atoms with Crippen LogP contribution in [0.3, 0.4) is 0 Å².